The Bertz CT molecular complexity index is 7.61. The first-order chi connectivity index (χ1) is 1.41. The normalized spacial score (nSPS) is 3.60. The fraction of sp³-hybridized carbons (Fsp3) is 1.00. The van der Waals surface area contributed by atoms with E-state index in [1.54, 1.807) is 0 Å². The van der Waals surface area contributed by atoms with Gasteiger partial charge < -0.3 is 0 Å². The van der Waals surface area contributed by atoms with Crippen molar-refractivity contribution in [3.05, 3.63) is 0 Å². The molecule has 5 heavy (non-hydrogen) atoms. The zero-order valence-corrected chi connectivity index (χ0v) is 9.04. The first-order valence-corrected chi connectivity index (χ1v) is 3.00. The molecule has 0 aromatic carbocycles. The van der Waals surface area contributed by atoms with Crippen molar-refractivity contribution in [2.24, 2.45) is 0 Å². The Morgan fingerprint density at radius 1 is 1.20 bits per heavy atom. The molecule has 1 atom stereocenters. The minimum absolute atomic E-state index is 0. The van der Waals surface area contributed by atoms with Gasteiger partial charge >= 0.3 is 0 Å². The molecule has 0 aliphatic rings. The molecule has 0 N–H and O–H groups in total. The molecule has 0 saturated carbocycles. The van der Waals surface area contributed by atoms with Crippen LogP contribution in [-0.2, 0) is 32.7 Å². The maximum Gasteiger partial charge on any atom is 0 e. The summed E-state index contributed by atoms with van der Waals surface area (Å²) >= 11 is 0. The second-order valence-electron chi connectivity index (χ2n) is 0.500. The summed E-state index contributed by atoms with van der Waals surface area (Å²) in [6.07, 6.45) is 0. The Labute approximate surface area is 64.2 Å². The standard InChI is InChI=1S/C2H7P.H3P.Y/c1-3-2;;/h3H,1-2H3;1H3;. The Morgan fingerprint density at radius 3 is 1.20 bits per heavy atom. The van der Waals surface area contributed by atoms with E-state index in [1.807, 2.05) is 0 Å². The van der Waals surface area contributed by atoms with Crippen LogP contribution in [-0.4, -0.2) is 13.3 Å². The SMILES string of the molecule is CPC.P.[Y]. The Balaban J connectivity index is -0.0000000200. The molecule has 0 aliphatic heterocycles. The third-order valence-corrected chi connectivity index (χ3v) is 0. The molecule has 0 bridgehead atoms. The van der Waals surface area contributed by atoms with E-state index in [-0.39, 0.29) is 42.6 Å². The van der Waals surface area contributed by atoms with Gasteiger partial charge in [0.05, 0.1) is 0 Å². The van der Waals surface area contributed by atoms with Crippen molar-refractivity contribution in [1.29, 1.82) is 0 Å². The molecule has 1 radical (unpaired) electrons. The van der Waals surface area contributed by atoms with Crippen LogP contribution in [0.1, 0.15) is 0 Å². The molecule has 0 aromatic heterocycles. The van der Waals surface area contributed by atoms with Crippen LogP contribution in [0.25, 0.3) is 0 Å². The van der Waals surface area contributed by atoms with Crippen LogP contribution in [0, 0.1) is 0 Å². The zero-order chi connectivity index (χ0) is 2.71. The number of hydrogen-bond acceptors (Lipinski definition) is 0. The molecule has 0 rings (SSSR count). The quantitative estimate of drug-likeness (QED) is 0.493. The molecule has 0 saturated heterocycles. The van der Waals surface area contributed by atoms with Gasteiger partial charge in [0.1, 0.15) is 0 Å². The molecule has 0 heterocycles. The molecule has 31 valence electrons. The summed E-state index contributed by atoms with van der Waals surface area (Å²) < 4.78 is 0. The van der Waals surface area contributed by atoms with E-state index in [2.05, 4.69) is 13.3 Å². The molecular weight excluding hydrogens is 175 g/mol. The average molecular weight is 185 g/mol. The van der Waals surface area contributed by atoms with Crippen LogP contribution in [0.5, 0.6) is 0 Å². The summed E-state index contributed by atoms with van der Waals surface area (Å²) in [6, 6.07) is 0. The Hall–Kier alpha value is 1.96. The van der Waals surface area contributed by atoms with Gasteiger partial charge in [-0.2, -0.15) is 9.90 Å². The van der Waals surface area contributed by atoms with E-state index in [0.717, 1.165) is 8.58 Å². The second kappa shape index (κ2) is 16.7. The van der Waals surface area contributed by atoms with Crippen LogP contribution in [0.15, 0.2) is 0 Å². The first-order valence-electron chi connectivity index (χ1n) is 1.00. The van der Waals surface area contributed by atoms with E-state index < -0.39 is 0 Å². The summed E-state index contributed by atoms with van der Waals surface area (Å²) in [6.45, 7) is 4.31. The van der Waals surface area contributed by atoms with Crippen molar-refractivity contribution in [2.75, 3.05) is 13.3 Å². The van der Waals surface area contributed by atoms with Crippen molar-refractivity contribution in [3.8, 4) is 0 Å². The smallest absolute Gasteiger partial charge is 0 e. The Kier molecular flexibility index (Phi) is 52.7. The summed E-state index contributed by atoms with van der Waals surface area (Å²) in [7, 11) is 1.08. The third-order valence-electron chi connectivity index (χ3n) is 0. The fourth-order valence-corrected chi connectivity index (χ4v) is 0. The van der Waals surface area contributed by atoms with Crippen LogP contribution in [0.4, 0.5) is 0 Å². The molecule has 3 heteroatoms. The zero-order valence-electron chi connectivity index (χ0n) is 3.78. The average Bonchev–Trinajstić information content (AvgIpc) is 0.918. The van der Waals surface area contributed by atoms with Crippen molar-refractivity contribution in [2.45, 2.75) is 0 Å². The molecule has 0 amide bonds. The maximum atomic E-state index is 2.15. The predicted octanol–water partition coefficient (Wildman–Crippen LogP) is 0.980. The summed E-state index contributed by atoms with van der Waals surface area (Å²) in [5.41, 5.74) is 0. The predicted molar refractivity (Wildman–Crippen MR) is 31.3 cm³/mol. The molecule has 0 fully saturated rings. The van der Waals surface area contributed by atoms with Crippen LogP contribution < -0.4 is 0 Å². The van der Waals surface area contributed by atoms with Crippen LogP contribution >= 0.6 is 18.5 Å². The molecule has 0 aromatic rings. The summed E-state index contributed by atoms with van der Waals surface area (Å²) in [5, 5.41) is 0. The summed E-state index contributed by atoms with van der Waals surface area (Å²) in [5.74, 6) is 0. The van der Waals surface area contributed by atoms with Crippen molar-refractivity contribution < 1.29 is 32.7 Å². The Morgan fingerprint density at radius 2 is 1.20 bits per heavy atom. The van der Waals surface area contributed by atoms with Gasteiger partial charge in [0.15, 0.2) is 0 Å². The van der Waals surface area contributed by atoms with Crippen molar-refractivity contribution in [1.82, 2.24) is 0 Å². The molecule has 0 spiro atoms. The molecule has 0 nitrogen and oxygen atoms in total. The van der Waals surface area contributed by atoms with Gasteiger partial charge in [0, 0.05) is 32.7 Å². The van der Waals surface area contributed by atoms with Gasteiger partial charge in [0.2, 0.25) is 0 Å². The monoisotopic (exact) mass is 185 g/mol. The summed E-state index contributed by atoms with van der Waals surface area (Å²) in [4.78, 5) is 0. The molecule has 1 unspecified atom stereocenters. The topological polar surface area (TPSA) is 0 Å². The first kappa shape index (κ1) is 15.8. The van der Waals surface area contributed by atoms with Gasteiger partial charge in [-0.05, 0) is 13.3 Å². The minimum atomic E-state index is 0. The van der Waals surface area contributed by atoms with E-state index in [9.17, 15) is 0 Å². The third kappa shape index (κ3) is 24.3. The van der Waals surface area contributed by atoms with Gasteiger partial charge in [-0.1, -0.05) is 0 Å². The van der Waals surface area contributed by atoms with Crippen molar-refractivity contribution in [3.63, 3.8) is 0 Å². The van der Waals surface area contributed by atoms with Gasteiger partial charge in [-0.3, -0.25) is 0 Å². The fourth-order valence-electron chi connectivity index (χ4n) is 0. The van der Waals surface area contributed by atoms with Gasteiger partial charge in [0.25, 0.3) is 0 Å². The van der Waals surface area contributed by atoms with E-state index in [0.29, 0.717) is 0 Å². The second-order valence-corrected chi connectivity index (χ2v) is 1.50. The minimum Gasteiger partial charge on any atom is -0.153 e. The maximum absolute atomic E-state index is 2.15. The molecular formula is C2H10P2Y. The van der Waals surface area contributed by atoms with E-state index >= 15 is 0 Å². The number of hydrogen-bond donors (Lipinski definition) is 0. The largest absolute Gasteiger partial charge is 0.153 e. The van der Waals surface area contributed by atoms with Gasteiger partial charge in [-0.15, -0.1) is 8.58 Å². The van der Waals surface area contributed by atoms with E-state index in [4.69, 9.17) is 0 Å². The molecule has 0 aliphatic carbocycles. The van der Waals surface area contributed by atoms with Crippen molar-refractivity contribution >= 4 is 18.5 Å². The van der Waals surface area contributed by atoms with Gasteiger partial charge in [-0.25, -0.2) is 0 Å². The van der Waals surface area contributed by atoms with E-state index in [1.165, 1.54) is 0 Å². The van der Waals surface area contributed by atoms with Crippen LogP contribution in [0.3, 0.4) is 0 Å². The number of rotatable bonds is 0. The van der Waals surface area contributed by atoms with Crippen LogP contribution in [0.2, 0.25) is 0 Å².